The second kappa shape index (κ2) is 26.6. The van der Waals surface area contributed by atoms with Gasteiger partial charge in [0.15, 0.2) is 6.10 Å². The Hall–Kier alpha value is -2.60. The molecular weight excluding hydrogens is 592 g/mol. The number of aliphatic hydroxyl groups excluding tert-OH is 2. The molecule has 0 spiro atoms. The van der Waals surface area contributed by atoms with Crippen LogP contribution in [0.1, 0.15) is 47.5 Å². The number of hydrogen-bond donors (Lipinski definition) is 8. The molecule has 0 bridgehead atoms. The number of alkyl carbamates (subject to hydrolysis) is 1. The lowest BCUT2D eigenvalue weighted by atomic mass is 10.1. The van der Waals surface area contributed by atoms with Crippen molar-refractivity contribution in [2.45, 2.75) is 65.2 Å². The van der Waals surface area contributed by atoms with Gasteiger partial charge in [-0.3, -0.25) is 14.4 Å². The maximum Gasteiger partial charge on any atom is 0.407 e. The van der Waals surface area contributed by atoms with Crippen LogP contribution in [0, 0.1) is 5.92 Å². The molecule has 0 aliphatic heterocycles. The van der Waals surface area contributed by atoms with E-state index in [1.807, 2.05) is 0 Å². The third-order valence-electron chi connectivity index (χ3n) is 5.73. The molecule has 2 unspecified atom stereocenters. The average molecular weight is 651 g/mol. The Morgan fingerprint density at radius 3 is 1.58 bits per heavy atom. The number of nitrogens with one attached hydrogen (secondary N) is 6. The lowest BCUT2D eigenvalue weighted by Crippen LogP contribution is -2.41. The topological polar surface area (TPSA) is 218 Å². The van der Waals surface area contributed by atoms with E-state index in [2.05, 4.69) is 52.7 Å². The smallest absolute Gasteiger partial charge is 0.407 e. The molecule has 1 amide bonds. The van der Waals surface area contributed by atoms with E-state index < -0.39 is 55.3 Å². The standard InChI is InChI=1S/C29H58N6O10/c1-22(2)27(40)45-24(18-36)21-43-26(39)7-6-25(38)42-19-23(37)20-44-28(41)34-16-14-32-12-10-30-8-9-31-11-13-33-15-17-35-29(3,4)5/h22-24,30-33,35-37H,6-21H2,1-5H3,(H,34,41). The molecule has 264 valence electrons. The van der Waals surface area contributed by atoms with Crippen molar-refractivity contribution in [3.63, 3.8) is 0 Å². The minimum absolute atomic E-state index is 0.143. The van der Waals surface area contributed by atoms with Crippen LogP contribution in [-0.2, 0) is 33.3 Å². The summed E-state index contributed by atoms with van der Waals surface area (Å²) >= 11 is 0. The summed E-state index contributed by atoms with van der Waals surface area (Å²) in [6.07, 6.45) is -3.56. The molecule has 0 fully saturated rings. The van der Waals surface area contributed by atoms with Crippen LogP contribution in [0.15, 0.2) is 0 Å². The first-order valence-corrected chi connectivity index (χ1v) is 15.6. The lowest BCUT2D eigenvalue weighted by molar-refractivity contribution is -0.164. The Bertz CT molecular complexity index is 813. The van der Waals surface area contributed by atoms with Gasteiger partial charge in [0.05, 0.1) is 25.4 Å². The molecule has 0 rings (SSSR count). The Balaban J connectivity index is 3.64. The van der Waals surface area contributed by atoms with Crippen LogP contribution < -0.4 is 31.9 Å². The first-order valence-electron chi connectivity index (χ1n) is 15.6. The highest BCUT2D eigenvalue weighted by molar-refractivity contribution is 5.77. The number of carbonyl (C=O) groups is 4. The van der Waals surface area contributed by atoms with Crippen molar-refractivity contribution in [1.82, 2.24) is 31.9 Å². The minimum atomic E-state index is -1.24. The van der Waals surface area contributed by atoms with Gasteiger partial charge in [0.2, 0.25) is 0 Å². The van der Waals surface area contributed by atoms with Gasteiger partial charge in [-0.05, 0) is 20.8 Å². The molecule has 0 saturated heterocycles. The first kappa shape index (κ1) is 42.4. The number of rotatable bonds is 27. The molecule has 0 aliphatic carbocycles. The number of ether oxygens (including phenoxy) is 4. The molecule has 0 heterocycles. The predicted octanol–water partition coefficient (Wildman–Crippen LogP) is -1.75. The monoisotopic (exact) mass is 650 g/mol. The number of aliphatic hydroxyl groups is 2. The Morgan fingerprint density at radius 1 is 0.667 bits per heavy atom. The van der Waals surface area contributed by atoms with Gasteiger partial charge < -0.3 is 61.1 Å². The molecule has 45 heavy (non-hydrogen) atoms. The summed E-state index contributed by atoms with van der Waals surface area (Å²) in [4.78, 5) is 46.9. The molecule has 16 heteroatoms. The molecule has 0 aromatic carbocycles. The van der Waals surface area contributed by atoms with E-state index in [0.717, 1.165) is 52.4 Å². The van der Waals surface area contributed by atoms with E-state index >= 15 is 0 Å². The van der Waals surface area contributed by atoms with Crippen molar-refractivity contribution in [2.24, 2.45) is 5.92 Å². The van der Waals surface area contributed by atoms with E-state index in [9.17, 15) is 29.4 Å². The largest absolute Gasteiger partial charge is 0.463 e. The van der Waals surface area contributed by atoms with Crippen molar-refractivity contribution in [1.29, 1.82) is 0 Å². The van der Waals surface area contributed by atoms with Gasteiger partial charge in [-0.2, -0.15) is 0 Å². The number of carbonyl (C=O) groups excluding carboxylic acids is 4. The van der Waals surface area contributed by atoms with Crippen molar-refractivity contribution >= 4 is 24.0 Å². The molecule has 0 aromatic heterocycles. The molecule has 16 nitrogen and oxygen atoms in total. The molecule has 8 N–H and O–H groups in total. The molecular formula is C29H58N6O10. The van der Waals surface area contributed by atoms with Gasteiger partial charge in [0.1, 0.15) is 25.9 Å². The van der Waals surface area contributed by atoms with E-state index in [0.29, 0.717) is 13.1 Å². The van der Waals surface area contributed by atoms with Crippen LogP contribution in [0.3, 0.4) is 0 Å². The Kier molecular flexibility index (Phi) is 25.1. The SMILES string of the molecule is CC(C)C(=O)OC(CO)COC(=O)CCC(=O)OCC(O)COC(=O)NCCNCCNCCNCCNCCNC(C)(C)C. The van der Waals surface area contributed by atoms with Crippen molar-refractivity contribution in [3.8, 4) is 0 Å². The summed E-state index contributed by atoms with van der Waals surface area (Å²) in [5, 5.41) is 38.3. The zero-order valence-corrected chi connectivity index (χ0v) is 27.7. The number of esters is 3. The highest BCUT2D eigenvalue weighted by Crippen LogP contribution is 2.03. The minimum Gasteiger partial charge on any atom is -0.463 e. The third kappa shape index (κ3) is 28.6. The quantitative estimate of drug-likeness (QED) is 0.0281. The van der Waals surface area contributed by atoms with Crippen LogP contribution in [0.4, 0.5) is 4.79 Å². The molecule has 0 aromatic rings. The zero-order valence-electron chi connectivity index (χ0n) is 27.7. The second-order valence-electron chi connectivity index (χ2n) is 11.6. The predicted molar refractivity (Wildman–Crippen MR) is 168 cm³/mol. The number of hydrogen-bond acceptors (Lipinski definition) is 15. The molecule has 0 radical (unpaired) electrons. The van der Waals surface area contributed by atoms with E-state index in [1.54, 1.807) is 13.8 Å². The fraction of sp³-hybridized carbons (Fsp3) is 0.862. The second-order valence-corrected chi connectivity index (χ2v) is 11.6. The van der Waals surface area contributed by atoms with Crippen molar-refractivity contribution in [2.75, 3.05) is 91.9 Å². The molecule has 0 saturated carbocycles. The fourth-order valence-electron chi connectivity index (χ4n) is 3.23. The fourth-order valence-corrected chi connectivity index (χ4v) is 3.23. The van der Waals surface area contributed by atoms with Crippen LogP contribution in [0.2, 0.25) is 0 Å². The molecule has 2 atom stereocenters. The highest BCUT2D eigenvalue weighted by Gasteiger charge is 2.19. The third-order valence-corrected chi connectivity index (χ3v) is 5.73. The van der Waals surface area contributed by atoms with Gasteiger partial charge in [0, 0.05) is 71.0 Å². The summed E-state index contributed by atoms with van der Waals surface area (Å²) in [7, 11) is 0. The highest BCUT2D eigenvalue weighted by atomic mass is 16.6. The van der Waals surface area contributed by atoms with Gasteiger partial charge in [0.25, 0.3) is 0 Å². The van der Waals surface area contributed by atoms with Gasteiger partial charge in [-0.1, -0.05) is 13.8 Å². The maximum atomic E-state index is 11.8. The molecule has 0 aliphatic rings. The van der Waals surface area contributed by atoms with Crippen molar-refractivity contribution in [3.05, 3.63) is 0 Å². The van der Waals surface area contributed by atoms with E-state index in [4.69, 9.17) is 18.9 Å². The van der Waals surface area contributed by atoms with Crippen molar-refractivity contribution < 1.29 is 48.3 Å². The van der Waals surface area contributed by atoms with E-state index in [1.165, 1.54) is 0 Å². The van der Waals surface area contributed by atoms with Crippen LogP contribution >= 0.6 is 0 Å². The van der Waals surface area contributed by atoms with Gasteiger partial charge in [-0.25, -0.2) is 4.79 Å². The summed E-state index contributed by atoms with van der Waals surface area (Å²) in [6, 6.07) is 0. The first-order chi connectivity index (χ1) is 21.3. The lowest BCUT2D eigenvalue weighted by Gasteiger charge is -2.20. The summed E-state index contributed by atoms with van der Waals surface area (Å²) < 4.78 is 19.7. The zero-order chi connectivity index (χ0) is 33.9. The summed E-state index contributed by atoms with van der Waals surface area (Å²) in [5.74, 6) is -2.44. The average Bonchev–Trinajstić information content (AvgIpc) is 2.98. The van der Waals surface area contributed by atoms with Crippen LogP contribution in [0.25, 0.3) is 0 Å². The Morgan fingerprint density at radius 2 is 1.11 bits per heavy atom. The van der Waals surface area contributed by atoms with E-state index in [-0.39, 0.29) is 31.6 Å². The summed E-state index contributed by atoms with van der Waals surface area (Å²) in [5.41, 5.74) is 0.143. The maximum absolute atomic E-state index is 11.8. The normalized spacial score (nSPS) is 12.8. The Labute approximate surface area is 267 Å². The van der Waals surface area contributed by atoms with Gasteiger partial charge >= 0.3 is 24.0 Å². The van der Waals surface area contributed by atoms with Crippen LogP contribution in [0.5, 0.6) is 0 Å². The number of amides is 1. The van der Waals surface area contributed by atoms with Gasteiger partial charge in [-0.15, -0.1) is 0 Å². The van der Waals surface area contributed by atoms with Crippen LogP contribution in [-0.4, -0.2) is 144 Å². The summed E-state index contributed by atoms with van der Waals surface area (Å²) in [6.45, 7) is 15.9.